The molecule has 2 saturated carbocycles. The summed E-state index contributed by atoms with van der Waals surface area (Å²) in [6.07, 6.45) is 10.1. The van der Waals surface area contributed by atoms with E-state index in [9.17, 15) is 0 Å². The van der Waals surface area contributed by atoms with Gasteiger partial charge in [0.15, 0.2) is 0 Å². The van der Waals surface area contributed by atoms with Crippen LogP contribution in [0, 0.1) is 11.8 Å². The summed E-state index contributed by atoms with van der Waals surface area (Å²) in [6, 6.07) is 0. The molecule has 2 aliphatic carbocycles. The smallest absolute Gasteiger partial charge is 0.0710 e. The first-order valence-electron chi connectivity index (χ1n) is 7.75. The number of ether oxygens (including phenoxy) is 1. The predicted octanol–water partition coefficient (Wildman–Crippen LogP) is 2.00. The third kappa shape index (κ3) is 2.33. The molecule has 3 aliphatic rings. The van der Waals surface area contributed by atoms with E-state index in [1.807, 2.05) is 7.11 Å². The lowest BCUT2D eigenvalue weighted by Gasteiger charge is -2.47. The molecule has 0 bridgehead atoms. The van der Waals surface area contributed by atoms with E-state index in [4.69, 9.17) is 10.5 Å². The number of nitrogens with two attached hydrogens (primary N) is 1. The highest BCUT2D eigenvalue weighted by Crippen LogP contribution is 2.48. The van der Waals surface area contributed by atoms with Gasteiger partial charge in [0, 0.05) is 32.3 Å². The molecule has 0 aromatic carbocycles. The zero-order valence-electron chi connectivity index (χ0n) is 11.7. The predicted molar refractivity (Wildman–Crippen MR) is 73.5 cm³/mol. The number of hydrogen-bond acceptors (Lipinski definition) is 3. The quantitative estimate of drug-likeness (QED) is 0.832. The van der Waals surface area contributed by atoms with Crippen LogP contribution in [0.2, 0.25) is 0 Å². The summed E-state index contributed by atoms with van der Waals surface area (Å²) in [5.41, 5.74) is 6.51. The summed E-state index contributed by atoms with van der Waals surface area (Å²) < 4.78 is 5.53. The molecule has 1 saturated heterocycles. The average Bonchev–Trinajstić information content (AvgIpc) is 3.16. The molecule has 0 radical (unpaired) electrons. The van der Waals surface area contributed by atoms with Gasteiger partial charge >= 0.3 is 0 Å². The largest absolute Gasteiger partial charge is 0.380 e. The van der Waals surface area contributed by atoms with Crippen molar-refractivity contribution in [1.29, 1.82) is 0 Å². The molecule has 2 N–H and O–H groups in total. The first-order chi connectivity index (χ1) is 8.77. The van der Waals surface area contributed by atoms with Gasteiger partial charge in [0.05, 0.1) is 6.10 Å². The molecule has 0 amide bonds. The number of hydrogen-bond donors (Lipinski definition) is 1. The fourth-order valence-electron chi connectivity index (χ4n) is 4.31. The van der Waals surface area contributed by atoms with E-state index in [-0.39, 0.29) is 0 Å². The van der Waals surface area contributed by atoms with Gasteiger partial charge in [-0.1, -0.05) is 12.8 Å². The minimum absolute atomic E-state index is 0.304. The van der Waals surface area contributed by atoms with Gasteiger partial charge in [-0.3, -0.25) is 4.90 Å². The van der Waals surface area contributed by atoms with Crippen molar-refractivity contribution in [2.24, 2.45) is 17.6 Å². The van der Waals surface area contributed by atoms with Crippen molar-refractivity contribution in [3.63, 3.8) is 0 Å². The number of likely N-dealkylation sites (tertiary alicyclic amines) is 1. The van der Waals surface area contributed by atoms with Crippen LogP contribution in [0.4, 0.5) is 0 Å². The van der Waals surface area contributed by atoms with E-state index in [1.165, 1.54) is 51.5 Å². The Bertz CT molecular complexity index is 292. The van der Waals surface area contributed by atoms with E-state index >= 15 is 0 Å². The van der Waals surface area contributed by atoms with Crippen LogP contribution in [0.5, 0.6) is 0 Å². The molecular formula is C15H28N2O. The fraction of sp³-hybridized carbons (Fsp3) is 1.00. The Balaban J connectivity index is 1.68. The molecular weight excluding hydrogens is 224 g/mol. The summed E-state index contributed by atoms with van der Waals surface area (Å²) in [5, 5.41) is 0. The molecule has 18 heavy (non-hydrogen) atoms. The molecule has 3 atom stereocenters. The molecule has 3 fully saturated rings. The van der Waals surface area contributed by atoms with Gasteiger partial charge in [0.2, 0.25) is 0 Å². The summed E-state index contributed by atoms with van der Waals surface area (Å²) in [7, 11) is 1.84. The van der Waals surface area contributed by atoms with Crippen LogP contribution in [0.25, 0.3) is 0 Å². The Morgan fingerprint density at radius 1 is 1.22 bits per heavy atom. The van der Waals surface area contributed by atoms with Crippen molar-refractivity contribution in [2.45, 2.75) is 56.6 Å². The molecule has 3 heteroatoms. The second-order valence-corrected chi connectivity index (χ2v) is 6.71. The minimum atomic E-state index is 0.304. The normalized spacial score (nSPS) is 42.3. The van der Waals surface area contributed by atoms with Crippen molar-refractivity contribution in [3.05, 3.63) is 0 Å². The second kappa shape index (κ2) is 5.10. The van der Waals surface area contributed by atoms with Gasteiger partial charge in [0.25, 0.3) is 0 Å². The van der Waals surface area contributed by atoms with Gasteiger partial charge in [-0.05, 0) is 43.9 Å². The lowest BCUT2D eigenvalue weighted by atomic mass is 9.73. The third-order valence-corrected chi connectivity index (χ3v) is 5.68. The molecule has 0 aromatic rings. The second-order valence-electron chi connectivity index (χ2n) is 6.71. The van der Waals surface area contributed by atoms with Crippen molar-refractivity contribution in [3.8, 4) is 0 Å². The standard InChI is InChI=1S/C15H28N2O/c1-18-14-6-8-17(10-14)15(11-16)7-2-3-13(9-15)12-4-5-12/h12-14H,2-11,16H2,1H3. The maximum absolute atomic E-state index is 6.21. The van der Waals surface area contributed by atoms with E-state index in [0.29, 0.717) is 11.6 Å². The van der Waals surface area contributed by atoms with Gasteiger partial charge in [-0.15, -0.1) is 0 Å². The number of rotatable bonds is 4. The number of nitrogens with zero attached hydrogens (tertiary/aromatic N) is 1. The Morgan fingerprint density at radius 3 is 2.67 bits per heavy atom. The van der Waals surface area contributed by atoms with Crippen LogP contribution in [-0.2, 0) is 4.74 Å². The molecule has 0 aromatic heterocycles. The van der Waals surface area contributed by atoms with E-state index in [2.05, 4.69) is 4.90 Å². The lowest BCUT2D eigenvalue weighted by Crippen LogP contribution is -2.56. The SMILES string of the molecule is COC1CCN(C2(CN)CCCC(C3CC3)C2)C1. The van der Waals surface area contributed by atoms with Crippen LogP contribution in [0.3, 0.4) is 0 Å². The van der Waals surface area contributed by atoms with Gasteiger partial charge < -0.3 is 10.5 Å². The Hall–Kier alpha value is -0.120. The first-order valence-corrected chi connectivity index (χ1v) is 7.75. The van der Waals surface area contributed by atoms with Crippen LogP contribution in [0.15, 0.2) is 0 Å². The topological polar surface area (TPSA) is 38.5 Å². The van der Waals surface area contributed by atoms with Crippen LogP contribution in [0.1, 0.15) is 44.9 Å². The van der Waals surface area contributed by atoms with E-state index < -0.39 is 0 Å². The first kappa shape index (κ1) is 12.9. The summed E-state index contributed by atoms with van der Waals surface area (Å²) >= 11 is 0. The monoisotopic (exact) mass is 252 g/mol. The Labute approximate surface area is 111 Å². The van der Waals surface area contributed by atoms with Crippen molar-refractivity contribution < 1.29 is 4.74 Å². The van der Waals surface area contributed by atoms with Crippen molar-refractivity contribution >= 4 is 0 Å². The molecule has 104 valence electrons. The minimum Gasteiger partial charge on any atom is -0.380 e. The Morgan fingerprint density at radius 2 is 2.06 bits per heavy atom. The molecule has 1 aliphatic heterocycles. The highest BCUT2D eigenvalue weighted by atomic mass is 16.5. The van der Waals surface area contributed by atoms with Crippen LogP contribution >= 0.6 is 0 Å². The van der Waals surface area contributed by atoms with E-state index in [1.54, 1.807) is 0 Å². The van der Waals surface area contributed by atoms with Crippen LogP contribution < -0.4 is 5.73 Å². The van der Waals surface area contributed by atoms with Gasteiger partial charge in [0.1, 0.15) is 0 Å². The summed E-state index contributed by atoms with van der Waals surface area (Å²) in [4.78, 5) is 2.66. The molecule has 3 rings (SSSR count). The van der Waals surface area contributed by atoms with Crippen molar-refractivity contribution in [1.82, 2.24) is 4.90 Å². The van der Waals surface area contributed by atoms with E-state index in [0.717, 1.165) is 24.9 Å². The van der Waals surface area contributed by atoms with Crippen molar-refractivity contribution in [2.75, 3.05) is 26.7 Å². The average molecular weight is 252 g/mol. The summed E-state index contributed by atoms with van der Waals surface area (Å²) in [6.45, 7) is 3.13. The maximum atomic E-state index is 6.21. The molecule has 3 nitrogen and oxygen atoms in total. The molecule has 3 unspecified atom stereocenters. The lowest BCUT2D eigenvalue weighted by molar-refractivity contribution is 0.0312. The molecule has 0 spiro atoms. The summed E-state index contributed by atoms with van der Waals surface area (Å²) in [5.74, 6) is 2.00. The zero-order valence-corrected chi connectivity index (χ0v) is 11.7. The maximum Gasteiger partial charge on any atom is 0.0710 e. The van der Waals surface area contributed by atoms with Gasteiger partial charge in [-0.25, -0.2) is 0 Å². The highest BCUT2D eigenvalue weighted by Gasteiger charge is 2.46. The number of methoxy groups -OCH3 is 1. The molecule has 1 heterocycles. The highest BCUT2D eigenvalue weighted by molar-refractivity contribution is 5.01. The fourth-order valence-corrected chi connectivity index (χ4v) is 4.31. The van der Waals surface area contributed by atoms with Crippen LogP contribution in [-0.4, -0.2) is 43.3 Å². The Kier molecular flexibility index (Phi) is 3.65. The zero-order chi connectivity index (χ0) is 12.6. The van der Waals surface area contributed by atoms with Gasteiger partial charge in [-0.2, -0.15) is 0 Å². The third-order valence-electron chi connectivity index (χ3n) is 5.68.